The van der Waals surface area contributed by atoms with Crippen LogP contribution in [0.4, 0.5) is 5.13 Å². The summed E-state index contributed by atoms with van der Waals surface area (Å²) in [5, 5.41) is 8.94. The van der Waals surface area contributed by atoms with Gasteiger partial charge >= 0.3 is 0 Å². The Morgan fingerprint density at radius 3 is 2.62 bits per heavy atom. The molecule has 0 saturated heterocycles. The molecule has 0 radical (unpaired) electrons. The third-order valence-electron chi connectivity index (χ3n) is 3.28. The lowest BCUT2D eigenvalue weighted by Gasteiger charge is -2.12. The second-order valence-electron chi connectivity index (χ2n) is 5.13. The van der Waals surface area contributed by atoms with Crippen molar-refractivity contribution in [3.05, 3.63) is 35.2 Å². The fourth-order valence-electron chi connectivity index (χ4n) is 2.17. The topological polar surface area (TPSA) is 54.0 Å². The van der Waals surface area contributed by atoms with Crippen LogP contribution in [0.1, 0.15) is 25.8 Å². The van der Waals surface area contributed by atoms with Crippen molar-refractivity contribution in [2.45, 2.75) is 32.7 Å². The highest BCUT2D eigenvalue weighted by Gasteiger charge is 2.06. The molecule has 0 aliphatic carbocycles. The molecule has 1 heterocycles. The monoisotopic (exact) mass is 303 g/mol. The van der Waals surface area contributed by atoms with Gasteiger partial charge in [-0.05, 0) is 25.3 Å². The summed E-state index contributed by atoms with van der Waals surface area (Å²) in [6, 6.07) is 8.68. The van der Waals surface area contributed by atoms with E-state index in [0.717, 1.165) is 29.2 Å². The van der Waals surface area contributed by atoms with Crippen LogP contribution in [0.25, 0.3) is 11.3 Å². The molecule has 0 unspecified atom stereocenters. The van der Waals surface area contributed by atoms with Crippen LogP contribution in [-0.2, 0) is 11.2 Å². The molecule has 2 N–H and O–H groups in total. The van der Waals surface area contributed by atoms with Gasteiger partial charge in [-0.1, -0.05) is 24.3 Å². The van der Waals surface area contributed by atoms with E-state index in [0.29, 0.717) is 0 Å². The van der Waals surface area contributed by atoms with Crippen LogP contribution >= 0.6 is 11.3 Å². The first kappa shape index (κ1) is 15.5. The van der Waals surface area contributed by atoms with Crippen LogP contribution in [0.3, 0.4) is 0 Å². The number of anilines is 1. The molecular weight excluding hydrogens is 282 g/mol. The van der Waals surface area contributed by atoms with E-state index < -0.39 is 0 Å². The highest BCUT2D eigenvalue weighted by molar-refractivity contribution is 7.14. The number of benzene rings is 1. The SMILES string of the molecule is CNc1nc(-c2ccc(CC[C@@H](C)NC(C)=O)cc2)cs1. The number of nitrogens with one attached hydrogen (secondary N) is 2. The predicted octanol–water partition coefficient (Wildman–Crippen LogP) is 3.31. The Balaban J connectivity index is 1.94. The highest BCUT2D eigenvalue weighted by atomic mass is 32.1. The zero-order chi connectivity index (χ0) is 15.2. The first-order chi connectivity index (χ1) is 10.1. The number of aromatic nitrogens is 1. The zero-order valence-electron chi connectivity index (χ0n) is 12.6. The molecule has 21 heavy (non-hydrogen) atoms. The summed E-state index contributed by atoms with van der Waals surface area (Å²) in [4.78, 5) is 15.5. The van der Waals surface area contributed by atoms with Crippen LogP contribution in [0.2, 0.25) is 0 Å². The maximum Gasteiger partial charge on any atom is 0.217 e. The van der Waals surface area contributed by atoms with E-state index in [1.807, 2.05) is 14.0 Å². The van der Waals surface area contributed by atoms with Crippen LogP contribution in [0.5, 0.6) is 0 Å². The molecule has 4 nitrogen and oxygen atoms in total. The minimum Gasteiger partial charge on any atom is -0.365 e. The van der Waals surface area contributed by atoms with E-state index >= 15 is 0 Å². The number of carbonyl (C=O) groups is 1. The Morgan fingerprint density at radius 2 is 2.05 bits per heavy atom. The third kappa shape index (κ3) is 4.56. The molecule has 1 aromatic heterocycles. The number of hydrogen-bond donors (Lipinski definition) is 2. The van der Waals surface area contributed by atoms with Crippen LogP contribution in [0.15, 0.2) is 29.6 Å². The Morgan fingerprint density at radius 1 is 1.33 bits per heavy atom. The van der Waals surface area contributed by atoms with Gasteiger partial charge in [0.25, 0.3) is 0 Å². The van der Waals surface area contributed by atoms with Gasteiger partial charge in [0, 0.05) is 31.0 Å². The van der Waals surface area contributed by atoms with Gasteiger partial charge in [0.05, 0.1) is 5.69 Å². The van der Waals surface area contributed by atoms with Gasteiger partial charge < -0.3 is 10.6 Å². The van der Waals surface area contributed by atoms with Crippen LogP contribution < -0.4 is 10.6 Å². The average Bonchev–Trinajstić information content (AvgIpc) is 2.94. The minimum absolute atomic E-state index is 0.0294. The first-order valence-electron chi connectivity index (χ1n) is 7.08. The van der Waals surface area contributed by atoms with E-state index in [4.69, 9.17) is 0 Å². The van der Waals surface area contributed by atoms with Crippen molar-refractivity contribution in [1.82, 2.24) is 10.3 Å². The lowest BCUT2D eigenvalue weighted by molar-refractivity contribution is -0.119. The lowest BCUT2D eigenvalue weighted by atomic mass is 10.0. The maximum absolute atomic E-state index is 11.0. The van der Waals surface area contributed by atoms with Crippen molar-refractivity contribution in [2.75, 3.05) is 12.4 Å². The molecule has 2 aromatic rings. The van der Waals surface area contributed by atoms with Gasteiger partial charge in [0.15, 0.2) is 5.13 Å². The lowest BCUT2D eigenvalue weighted by Crippen LogP contribution is -2.30. The van der Waals surface area contributed by atoms with E-state index in [2.05, 4.69) is 45.3 Å². The summed E-state index contributed by atoms with van der Waals surface area (Å²) in [6.45, 7) is 3.59. The Hall–Kier alpha value is -1.88. The molecule has 0 bridgehead atoms. The van der Waals surface area contributed by atoms with Gasteiger partial charge in [0.2, 0.25) is 5.91 Å². The summed E-state index contributed by atoms with van der Waals surface area (Å²) in [7, 11) is 1.88. The summed E-state index contributed by atoms with van der Waals surface area (Å²) in [6.07, 6.45) is 1.90. The number of nitrogens with zero attached hydrogens (tertiary/aromatic N) is 1. The van der Waals surface area contributed by atoms with Gasteiger partial charge in [0.1, 0.15) is 0 Å². The van der Waals surface area contributed by atoms with Crippen LogP contribution in [-0.4, -0.2) is 24.0 Å². The van der Waals surface area contributed by atoms with Crippen molar-refractivity contribution < 1.29 is 4.79 Å². The van der Waals surface area contributed by atoms with Gasteiger partial charge in [-0.3, -0.25) is 4.79 Å². The molecule has 0 fully saturated rings. The largest absolute Gasteiger partial charge is 0.365 e. The molecule has 0 aliphatic rings. The standard InChI is InChI=1S/C16H21N3OS/c1-11(18-12(2)20)4-5-13-6-8-14(9-7-13)15-10-21-16(17-3)19-15/h6-11H,4-5H2,1-3H3,(H,17,19)(H,18,20)/t11-/m1/s1. The molecule has 1 amide bonds. The quantitative estimate of drug-likeness (QED) is 0.861. The summed E-state index contributed by atoms with van der Waals surface area (Å²) >= 11 is 1.61. The van der Waals surface area contributed by atoms with E-state index in [9.17, 15) is 4.79 Å². The average molecular weight is 303 g/mol. The van der Waals surface area contributed by atoms with E-state index in [-0.39, 0.29) is 11.9 Å². The highest BCUT2D eigenvalue weighted by Crippen LogP contribution is 2.25. The van der Waals surface area contributed by atoms with Crippen LogP contribution in [0, 0.1) is 0 Å². The molecule has 0 saturated carbocycles. The van der Waals surface area contributed by atoms with Crippen molar-refractivity contribution >= 4 is 22.4 Å². The number of aryl methyl sites for hydroxylation is 1. The molecule has 2 rings (SSSR count). The van der Waals surface area contributed by atoms with Crippen molar-refractivity contribution in [3.8, 4) is 11.3 Å². The summed E-state index contributed by atoms with van der Waals surface area (Å²) in [5.74, 6) is 0.0294. The molecule has 0 aliphatic heterocycles. The van der Waals surface area contributed by atoms with Gasteiger partial charge in [-0.2, -0.15) is 0 Å². The molecule has 5 heteroatoms. The maximum atomic E-state index is 11.0. The predicted molar refractivity (Wildman–Crippen MR) is 88.7 cm³/mol. The minimum atomic E-state index is 0.0294. The van der Waals surface area contributed by atoms with Crippen molar-refractivity contribution in [2.24, 2.45) is 0 Å². The third-order valence-corrected chi connectivity index (χ3v) is 4.14. The van der Waals surface area contributed by atoms with E-state index in [1.54, 1.807) is 18.3 Å². The summed E-state index contributed by atoms with van der Waals surface area (Å²) < 4.78 is 0. The number of amides is 1. The van der Waals surface area contributed by atoms with E-state index in [1.165, 1.54) is 5.56 Å². The van der Waals surface area contributed by atoms with Gasteiger partial charge in [-0.25, -0.2) is 4.98 Å². The number of rotatable bonds is 6. The van der Waals surface area contributed by atoms with Gasteiger partial charge in [-0.15, -0.1) is 11.3 Å². The number of thiazole rings is 1. The smallest absolute Gasteiger partial charge is 0.217 e. The second kappa shape index (κ2) is 7.22. The summed E-state index contributed by atoms with van der Waals surface area (Å²) in [5.41, 5.74) is 3.41. The Kier molecular flexibility index (Phi) is 5.33. The number of carbonyl (C=O) groups excluding carboxylic acids is 1. The fourth-order valence-corrected chi connectivity index (χ4v) is 2.85. The van der Waals surface area contributed by atoms with Crippen molar-refractivity contribution in [3.63, 3.8) is 0 Å². The Labute approximate surface area is 129 Å². The molecule has 0 spiro atoms. The zero-order valence-corrected chi connectivity index (χ0v) is 13.5. The molecule has 1 aromatic carbocycles. The normalized spacial score (nSPS) is 12.0. The molecule has 112 valence electrons. The molecule has 1 atom stereocenters. The fraction of sp³-hybridized carbons (Fsp3) is 0.375. The molecular formula is C16H21N3OS. The first-order valence-corrected chi connectivity index (χ1v) is 7.96. The number of hydrogen-bond acceptors (Lipinski definition) is 4. The Bertz CT molecular complexity index is 592. The van der Waals surface area contributed by atoms with Crippen molar-refractivity contribution in [1.29, 1.82) is 0 Å². The second-order valence-corrected chi connectivity index (χ2v) is 5.98.